The van der Waals surface area contributed by atoms with Crippen LogP contribution in [0.1, 0.15) is 23.7 Å². The Morgan fingerprint density at radius 1 is 1.55 bits per heavy atom. The van der Waals surface area contributed by atoms with Gasteiger partial charge >= 0.3 is 0 Å². The standard InChI is InChI=1S/C14H17NO4S/c1-19-8-11-3-2-4-12(7-11)13(16)14(9-15)5-6-20(17,18)10-14/h2-4,7,13,16H,5-6,8,10H2,1H3. The topological polar surface area (TPSA) is 87.4 Å². The lowest BCUT2D eigenvalue weighted by molar-refractivity contribution is 0.0790. The molecule has 2 atom stereocenters. The van der Waals surface area contributed by atoms with Gasteiger partial charge in [-0.1, -0.05) is 24.3 Å². The van der Waals surface area contributed by atoms with Crippen molar-refractivity contribution in [2.45, 2.75) is 19.1 Å². The predicted molar refractivity (Wildman–Crippen MR) is 73.4 cm³/mol. The van der Waals surface area contributed by atoms with Gasteiger partial charge in [0.2, 0.25) is 0 Å². The van der Waals surface area contributed by atoms with Gasteiger partial charge in [0.05, 0.1) is 30.3 Å². The van der Waals surface area contributed by atoms with Crippen molar-refractivity contribution in [3.63, 3.8) is 0 Å². The second-order valence-corrected chi connectivity index (χ2v) is 7.37. The SMILES string of the molecule is COCc1cccc(C(O)C2(C#N)CCS(=O)(=O)C2)c1. The molecule has 1 saturated heterocycles. The Balaban J connectivity index is 2.33. The fourth-order valence-corrected chi connectivity index (χ4v) is 4.55. The molecule has 1 aliphatic rings. The lowest BCUT2D eigenvalue weighted by Gasteiger charge is -2.26. The van der Waals surface area contributed by atoms with Crippen LogP contribution < -0.4 is 0 Å². The van der Waals surface area contributed by atoms with Crippen LogP contribution >= 0.6 is 0 Å². The molecule has 1 aromatic rings. The first kappa shape index (κ1) is 15.0. The molecule has 1 heterocycles. The summed E-state index contributed by atoms with van der Waals surface area (Å²) >= 11 is 0. The largest absolute Gasteiger partial charge is 0.387 e. The average molecular weight is 295 g/mol. The summed E-state index contributed by atoms with van der Waals surface area (Å²) in [6, 6.07) is 9.09. The summed E-state index contributed by atoms with van der Waals surface area (Å²) in [5.41, 5.74) is 0.182. The van der Waals surface area contributed by atoms with Gasteiger partial charge in [-0.25, -0.2) is 8.42 Å². The summed E-state index contributed by atoms with van der Waals surface area (Å²) in [4.78, 5) is 0. The van der Waals surface area contributed by atoms with Crippen LogP contribution in [0.25, 0.3) is 0 Å². The van der Waals surface area contributed by atoms with Gasteiger partial charge < -0.3 is 9.84 Å². The average Bonchev–Trinajstić information content (AvgIpc) is 2.75. The predicted octanol–water partition coefficient (Wildman–Crippen LogP) is 1.19. The maximum atomic E-state index is 11.6. The summed E-state index contributed by atoms with van der Waals surface area (Å²) < 4.78 is 28.3. The molecule has 1 fully saturated rings. The normalized spacial score (nSPS) is 26.1. The molecule has 1 aromatic carbocycles. The zero-order valence-electron chi connectivity index (χ0n) is 11.2. The van der Waals surface area contributed by atoms with E-state index in [1.807, 2.05) is 12.1 Å². The van der Waals surface area contributed by atoms with Crippen LogP contribution in [0.3, 0.4) is 0 Å². The number of hydrogen-bond acceptors (Lipinski definition) is 5. The van der Waals surface area contributed by atoms with Crippen LogP contribution in [0.4, 0.5) is 0 Å². The van der Waals surface area contributed by atoms with E-state index < -0.39 is 21.4 Å². The Hall–Kier alpha value is -1.42. The molecule has 108 valence electrons. The summed E-state index contributed by atoms with van der Waals surface area (Å²) in [5.74, 6) is -0.332. The van der Waals surface area contributed by atoms with Crippen molar-refractivity contribution >= 4 is 9.84 Å². The minimum absolute atomic E-state index is 0.0462. The Bertz CT molecular complexity index is 635. The van der Waals surface area contributed by atoms with Crippen LogP contribution in [0, 0.1) is 16.7 Å². The third kappa shape index (κ3) is 2.85. The van der Waals surface area contributed by atoms with Crippen molar-refractivity contribution in [3.8, 4) is 6.07 Å². The zero-order chi connectivity index (χ0) is 14.8. The van der Waals surface area contributed by atoms with Crippen LogP contribution in [0.5, 0.6) is 0 Å². The Kier molecular flexibility index (Phi) is 4.14. The molecule has 0 aromatic heterocycles. The van der Waals surface area contributed by atoms with Gasteiger partial charge in [0, 0.05) is 7.11 Å². The molecule has 1 N–H and O–H groups in total. The summed E-state index contributed by atoms with van der Waals surface area (Å²) in [6.45, 7) is 0.401. The molecule has 2 rings (SSSR count). The van der Waals surface area contributed by atoms with Gasteiger partial charge in [-0.2, -0.15) is 5.26 Å². The maximum absolute atomic E-state index is 11.6. The number of hydrogen-bond donors (Lipinski definition) is 1. The number of ether oxygens (including phenoxy) is 1. The third-order valence-corrected chi connectivity index (χ3v) is 5.44. The molecule has 0 bridgehead atoms. The quantitative estimate of drug-likeness (QED) is 0.901. The van der Waals surface area contributed by atoms with Gasteiger partial charge in [-0.15, -0.1) is 0 Å². The Labute approximate surface area is 118 Å². The molecular weight excluding hydrogens is 278 g/mol. The molecular formula is C14H17NO4S. The summed E-state index contributed by atoms with van der Waals surface area (Å²) in [5, 5.41) is 19.8. The lowest BCUT2D eigenvalue weighted by Crippen LogP contribution is -2.29. The molecule has 1 aliphatic heterocycles. The highest BCUT2D eigenvalue weighted by Gasteiger charge is 2.48. The monoisotopic (exact) mass is 295 g/mol. The minimum atomic E-state index is -3.25. The highest BCUT2D eigenvalue weighted by molar-refractivity contribution is 7.91. The van der Waals surface area contributed by atoms with E-state index in [4.69, 9.17) is 4.74 Å². The van der Waals surface area contributed by atoms with Crippen LogP contribution in [0.2, 0.25) is 0 Å². The molecule has 0 aliphatic carbocycles. The van der Waals surface area contributed by atoms with E-state index in [0.717, 1.165) is 5.56 Å². The van der Waals surface area contributed by atoms with Crippen molar-refractivity contribution in [2.24, 2.45) is 5.41 Å². The molecule has 5 nitrogen and oxygen atoms in total. The highest BCUT2D eigenvalue weighted by Crippen LogP contribution is 2.42. The van der Waals surface area contributed by atoms with Crippen molar-refractivity contribution < 1.29 is 18.3 Å². The van der Waals surface area contributed by atoms with Crippen molar-refractivity contribution in [2.75, 3.05) is 18.6 Å². The smallest absolute Gasteiger partial charge is 0.152 e. The molecule has 0 amide bonds. The van der Waals surface area contributed by atoms with Gasteiger partial charge in [-0.3, -0.25) is 0 Å². The van der Waals surface area contributed by atoms with E-state index in [0.29, 0.717) is 12.2 Å². The van der Waals surface area contributed by atoms with E-state index in [1.54, 1.807) is 25.3 Å². The summed E-state index contributed by atoms with van der Waals surface area (Å²) in [7, 11) is -1.67. The second kappa shape index (κ2) is 5.52. The number of rotatable bonds is 4. The van der Waals surface area contributed by atoms with Gasteiger partial charge in [0.1, 0.15) is 5.41 Å². The first-order chi connectivity index (χ1) is 9.42. The van der Waals surface area contributed by atoms with E-state index in [1.165, 1.54) is 0 Å². The number of aliphatic hydroxyl groups is 1. The van der Waals surface area contributed by atoms with Crippen LogP contribution in [0.15, 0.2) is 24.3 Å². The van der Waals surface area contributed by atoms with Crippen molar-refractivity contribution in [1.82, 2.24) is 0 Å². The first-order valence-corrected chi connectivity index (χ1v) is 8.12. The fraction of sp³-hybridized carbons (Fsp3) is 0.500. The Morgan fingerprint density at radius 2 is 2.30 bits per heavy atom. The molecule has 2 unspecified atom stereocenters. The zero-order valence-corrected chi connectivity index (χ0v) is 12.1. The number of sulfone groups is 1. The van der Waals surface area contributed by atoms with Crippen LogP contribution in [-0.2, 0) is 21.2 Å². The number of nitriles is 1. The summed E-state index contributed by atoms with van der Waals surface area (Å²) in [6.07, 6.45) is -0.941. The number of aliphatic hydroxyl groups excluding tert-OH is 1. The molecule has 0 spiro atoms. The first-order valence-electron chi connectivity index (χ1n) is 6.30. The number of benzene rings is 1. The van der Waals surface area contributed by atoms with Crippen molar-refractivity contribution in [3.05, 3.63) is 35.4 Å². The van der Waals surface area contributed by atoms with E-state index >= 15 is 0 Å². The minimum Gasteiger partial charge on any atom is -0.387 e. The lowest BCUT2D eigenvalue weighted by atomic mass is 9.79. The molecule has 0 radical (unpaired) electrons. The maximum Gasteiger partial charge on any atom is 0.152 e. The van der Waals surface area contributed by atoms with Crippen molar-refractivity contribution in [1.29, 1.82) is 5.26 Å². The number of methoxy groups -OCH3 is 1. The fourth-order valence-electron chi connectivity index (χ4n) is 2.58. The molecule has 20 heavy (non-hydrogen) atoms. The second-order valence-electron chi connectivity index (χ2n) is 5.19. The molecule has 0 saturated carbocycles. The van der Waals surface area contributed by atoms with Gasteiger partial charge in [0.25, 0.3) is 0 Å². The van der Waals surface area contributed by atoms with E-state index in [2.05, 4.69) is 0 Å². The van der Waals surface area contributed by atoms with E-state index in [-0.39, 0.29) is 17.9 Å². The van der Waals surface area contributed by atoms with Crippen LogP contribution in [-0.4, -0.2) is 32.1 Å². The molecule has 6 heteroatoms. The van der Waals surface area contributed by atoms with E-state index in [9.17, 15) is 18.8 Å². The third-order valence-electron chi connectivity index (χ3n) is 3.66. The number of nitrogens with zero attached hydrogens (tertiary/aromatic N) is 1. The van der Waals surface area contributed by atoms with Gasteiger partial charge in [-0.05, 0) is 17.5 Å². The highest BCUT2D eigenvalue weighted by atomic mass is 32.2. The van der Waals surface area contributed by atoms with Gasteiger partial charge in [0.15, 0.2) is 9.84 Å². The Morgan fingerprint density at radius 3 is 2.85 bits per heavy atom.